The number of nitrogens with one attached hydrogen (secondary N) is 1. The van der Waals surface area contributed by atoms with E-state index in [0.29, 0.717) is 0 Å². The Morgan fingerprint density at radius 1 is 0.733 bits per heavy atom. The summed E-state index contributed by atoms with van der Waals surface area (Å²) in [5.41, 5.74) is 0. The lowest BCUT2D eigenvalue weighted by Gasteiger charge is -2.05. The minimum Gasteiger partial charge on any atom is -0.380 e. The van der Waals surface area contributed by atoms with Crippen molar-refractivity contribution in [2.75, 3.05) is 26.3 Å². The summed E-state index contributed by atoms with van der Waals surface area (Å²) in [4.78, 5) is 0. The van der Waals surface area contributed by atoms with Crippen LogP contribution in [0.4, 0.5) is 0 Å². The summed E-state index contributed by atoms with van der Waals surface area (Å²) < 4.78 is 5.50. The van der Waals surface area contributed by atoms with Gasteiger partial charge in [-0.25, -0.2) is 0 Å². The molecule has 0 atom stereocenters. The van der Waals surface area contributed by atoms with E-state index in [1.165, 1.54) is 44.9 Å². The summed E-state index contributed by atoms with van der Waals surface area (Å²) in [5.74, 6) is 0. The molecule has 15 heavy (non-hydrogen) atoms. The standard InChI is InChI=1S/C13H29NO/c1-3-5-7-8-10-14-11-13-15-12-9-6-4-2/h14H,3-13H2,1-2H3. The topological polar surface area (TPSA) is 21.3 Å². The second-order valence-electron chi connectivity index (χ2n) is 4.13. The normalized spacial score (nSPS) is 10.8. The molecule has 0 aromatic carbocycles. The van der Waals surface area contributed by atoms with Crippen molar-refractivity contribution in [1.82, 2.24) is 5.32 Å². The van der Waals surface area contributed by atoms with E-state index in [0.717, 1.165) is 26.3 Å². The maximum atomic E-state index is 5.50. The summed E-state index contributed by atoms with van der Waals surface area (Å²) in [6.07, 6.45) is 9.15. The first kappa shape index (κ1) is 14.9. The molecule has 0 heterocycles. The van der Waals surface area contributed by atoms with Crippen molar-refractivity contribution in [3.63, 3.8) is 0 Å². The molecule has 0 saturated heterocycles. The first-order valence-electron chi connectivity index (χ1n) is 6.70. The maximum absolute atomic E-state index is 5.50. The van der Waals surface area contributed by atoms with Gasteiger partial charge in [0.25, 0.3) is 0 Å². The third-order valence-corrected chi connectivity index (χ3v) is 2.52. The van der Waals surface area contributed by atoms with Crippen LogP contribution in [0, 0.1) is 0 Å². The lowest BCUT2D eigenvalue weighted by atomic mass is 10.2. The highest BCUT2D eigenvalue weighted by molar-refractivity contribution is 4.48. The summed E-state index contributed by atoms with van der Waals surface area (Å²) in [7, 11) is 0. The Hall–Kier alpha value is -0.0800. The molecule has 0 radical (unpaired) electrons. The largest absolute Gasteiger partial charge is 0.380 e. The van der Waals surface area contributed by atoms with Crippen LogP contribution in [0.25, 0.3) is 0 Å². The van der Waals surface area contributed by atoms with Crippen molar-refractivity contribution in [3.05, 3.63) is 0 Å². The fraction of sp³-hybridized carbons (Fsp3) is 1.00. The van der Waals surface area contributed by atoms with Crippen LogP contribution in [0.2, 0.25) is 0 Å². The van der Waals surface area contributed by atoms with E-state index in [1.807, 2.05) is 0 Å². The maximum Gasteiger partial charge on any atom is 0.0590 e. The van der Waals surface area contributed by atoms with Crippen molar-refractivity contribution >= 4 is 0 Å². The molecule has 92 valence electrons. The minimum atomic E-state index is 0.873. The van der Waals surface area contributed by atoms with Crippen LogP contribution in [0.15, 0.2) is 0 Å². The third-order valence-electron chi connectivity index (χ3n) is 2.52. The highest BCUT2D eigenvalue weighted by Gasteiger charge is 1.90. The number of hydrogen-bond acceptors (Lipinski definition) is 2. The van der Waals surface area contributed by atoms with E-state index in [2.05, 4.69) is 19.2 Å². The highest BCUT2D eigenvalue weighted by atomic mass is 16.5. The van der Waals surface area contributed by atoms with Crippen LogP contribution in [0.5, 0.6) is 0 Å². The lowest BCUT2D eigenvalue weighted by Crippen LogP contribution is -2.21. The summed E-state index contributed by atoms with van der Waals surface area (Å²) in [5, 5.41) is 3.41. The SMILES string of the molecule is CCCCCCNCCOCCCCC. The summed E-state index contributed by atoms with van der Waals surface area (Å²) in [6, 6.07) is 0. The Morgan fingerprint density at radius 2 is 1.47 bits per heavy atom. The Balaban J connectivity index is 2.81. The molecule has 0 aliphatic heterocycles. The zero-order chi connectivity index (χ0) is 11.2. The molecule has 2 heteroatoms. The molecule has 0 aromatic heterocycles. The van der Waals surface area contributed by atoms with E-state index < -0.39 is 0 Å². The van der Waals surface area contributed by atoms with Crippen LogP contribution in [-0.2, 0) is 4.74 Å². The van der Waals surface area contributed by atoms with Crippen LogP contribution >= 0.6 is 0 Å². The van der Waals surface area contributed by atoms with Crippen molar-refractivity contribution < 1.29 is 4.74 Å². The zero-order valence-electron chi connectivity index (χ0n) is 10.7. The van der Waals surface area contributed by atoms with Gasteiger partial charge >= 0.3 is 0 Å². The Morgan fingerprint density at radius 3 is 2.20 bits per heavy atom. The second kappa shape index (κ2) is 13.9. The van der Waals surface area contributed by atoms with Gasteiger partial charge in [0.2, 0.25) is 0 Å². The lowest BCUT2D eigenvalue weighted by molar-refractivity contribution is 0.132. The van der Waals surface area contributed by atoms with Crippen LogP contribution in [0.1, 0.15) is 58.8 Å². The fourth-order valence-electron chi connectivity index (χ4n) is 1.50. The molecule has 0 aliphatic rings. The highest BCUT2D eigenvalue weighted by Crippen LogP contribution is 1.96. The van der Waals surface area contributed by atoms with Crippen molar-refractivity contribution in [2.24, 2.45) is 0 Å². The number of ether oxygens (including phenoxy) is 1. The smallest absolute Gasteiger partial charge is 0.0590 e. The van der Waals surface area contributed by atoms with Crippen molar-refractivity contribution in [1.29, 1.82) is 0 Å². The average Bonchev–Trinajstić information content (AvgIpc) is 2.26. The van der Waals surface area contributed by atoms with Gasteiger partial charge in [0.1, 0.15) is 0 Å². The summed E-state index contributed by atoms with van der Waals surface area (Å²) >= 11 is 0. The Labute approximate surface area is 95.8 Å². The van der Waals surface area contributed by atoms with Gasteiger partial charge in [-0.2, -0.15) is 0 Å². The first-order chi connectivity index (χ1) is 7.41. The molecule has 2 nitrogen and oxygen atoms in total. The first-order valence-corrected chi connectivity index (χ1v) is 6.70. The molecule has 0 aliphatic carbocycles. The molecule has 0 saturated carbocycles. The van der Waals surface area contributed by atoms with Gasteiger partial charge in [-0.1, -0.05) is 46.0 Å². The molecule has 0 aromatic rings. The van der Waals surface area contributed by atoms with Crippen molar-refractivity contribution in [3.8, 4) is 0 Å². The van der Waals surface area contributed by atoms with Gasteiger partial charge in [-0.3, -0.25) is 0 Å². The fourth-order valence-corrected chi connectivity index (χ4v) is 1.50. The van der Waals surface area contributed by atoms with E-state index >= 15 is 0 Å². The van der Waals surface area contributed by atoms with E-state index in [-0.39, 0.29) is 0 Å². The molecule has 0 fully saturated rings. The molecule has 0 rings (SSSR count). The predicted molar refractivity (Wildman–Crippen MR) is 67.4 cm³/mol. The van der Waals surface area contributed by atoms with Crippen molar-refractivity contribution in [2.45, 2.75) is 58.8 Å². The molecule has 0 spiro atoms. The predicted octanol–water partition coefficient (Wildman–Crippen LogP) is 3.36. The quantitative estimate of drug-likeness (QED) is 0.504. The molecular formula is C13H29NO. The van der Waals surface area contributed by atoms with E-state index in [1.54, 1.807) is 0 Å². The van der Waals surface area contributed by atoms with Gasteiger partial charge in [0.15, 0.2) is 0 Å². The van der Waals surface area contributed by atoms with Gasteiger partial charge in [-0.15, -0.1) is 0 Å². The second-order valence-corrected chi connectivity index (χ2v) is 4.13. The number of hydrogen-bond donors (Lipinski definition) is 1. The van der Waals surface area contributed by atoms with E-state index in [9.17, 15) is 0 Å². The molecule has 0 bridgehead atoms. The number of rotatable bonds is 12. The van der Waals surface area contributed by atoms with Gasteiger partial charge in [-0.05, 0) is 19.4 Å². The van der Waals surface area contributed by atoms with Crippen LogP contribution in [-0.4, -0.2) is 26.3 Å². The minimum absolute atomic E-state index is 0.873. The third kappa shape index (κ3) is 13.9. The van der Waals surface area contributed by atoms with Crippen LogP contribution < -0.4 is 5.32 Å². The molecule has 0 unspecified atom stereocenters. The zero-order valence-corrected chi connectivity index (χ0v) is 10.7. The Bertz CT molecular complexity index is 94.7. The monoisotopic (exact) mass is 215 g/mol. The number of unbranched alkanes of at least 4 members (excludes halogenated alkanes) is 5. The van der Waals surface area contributed by atoms with Gasteiger partial charge in [0, 0.05) is 13.2 Å². The molecule has 0 amide bonds. The Kier molecular flexibility index (Phi) is 13.8. The van der Waals surface area contributed by atoms with Crippen LogP contribution in [0.3, 0.4) is 0 Å². The molecular weight excluding hydrogens is 186 g/mol. The average molecular weight is 215 g/mol. The summed E-state index contributed by atoms with van der Waals surface area (Å²) in [6.45, 7) is 8.44. The van der Waals surface area contributed by atoms with E-state index in [4.69, 9.17) is 4.74 Å². The van der Waals surface area contributed by atoms with Gasteiger partial charge in [0.05, 0.1) is 6.61 Å². The molecule has 1 N–H and O–H groups in total. The van der Waals surface area contributed by atoms with Gasteiger partial charge < -0.3 is 10.1 Å².